The first-order chi connectivity index (χ1) is 15.5. The molecule has 1 N–H and O–H groups in total. The fourth-order valence-corrected chi connectivity index (χ4v) is 4.23. The summed E-state index contributed by atoms with van der Waals surface area (Å²) in [6.07, 6.45) is 6.40. The van der Waals surface area contributed by atoms with Gasteiger partial charge in [-0.3, -0.25) is 9.59 Å². The summed E-state index contributed by atoms with van der Waals surface area (Å²) in [5, 5.41) is 3.75. The van der Waals surface area contributed by atoms with E-state index in [0.717, 1.165) is 37.0 Å². The molecule has 0 spiro atoms. The van der Waals surface area contributed by atoms with Crippen LogP contribution in [-0.4, -0.2) is 35.4 Å². The second-order valence-electron chi connectivity index (χ2n) is 8.40. The molecule has 32 heavy (non-hydrogen) atoms. The Kier molecular flexibility index (Phi) is 9.42. The molecule has 5 nitrogen and oxygen atoms in total. The highest BCUT2D eigenvalue weighted by Gasteiger charge is 2.28. The van der Waals surface area contributed by atoms with Gasteiger partial charge in [-0.1, -0.05) is 67.3 Å². The number of benzene rings is 2. The maximum atomic E-state index is 13.2. The molecule has 0 radical (unpaired) electrons. The Morgan fingerprint density at radius 2 is 1.75 bits per heavy atom. The summed E-state index contributed by atoms with van der Waals surface area (Å²) in [5.41, 5.74) is 0.834. The summed E-state index contributed by atoms with van der Waals surface area (Å²) in [6.45, 7) is 2.54. The molecule has 1 atom stereocenters. The van der Waals surface area contributed by atoms with Gasteiger partial charge in [0.15, 0.2) is 0 Å². The zero-order chi connectivity index (χ0) is 22.8. The zero-order valence-corrected chi connectivity index (χ0v) is 19.5. The second-order valence-corrected chi connectivity index (χ2v) is 8.80. The van der Waals surface area contributed by atoms with E-state index in [0.29, 0.717) is 31.0 Å². The molecular weight excluding hydrogens is 424 g/mol. The minimum Gasteiger partial charge on any atom is -0.494 e. The first-order valence-corrected chi connectivity index (χ1v) is 11.9. The van der Waals surface area contributed by atoms with Crippen LogP contribution >= 0.6 is 11.6 Å². The zero-order valence-electron chi connectivity index (χ0n) is 18.8. The topological polar surface area (TPSA) is 58.6 Å². The lowest BCUT2D eigenvalue weighted by atomic mass is 9.95. The standard InChI is InChI=1S/C26H33ClN2O3/c1-20(26(31)28-22-12-4-2-5-13-22)29(19-21-11-8-9-16-24(21)27)25(30)17-10-18-32-23-14-6-3-7-15-23/h3,6-9,11,14-16,20,22H,2,4-5,10,12-13,17-19H2,1H3,(H,28,31)/t20-/m1/s1. The van der Waals surface area contributed by atoms with Crippen molar-refractivity contribution in [3.05, 3.63) is 65.2 Å². The van der Waals surface area contributed by atoms with Crippen LogP contribution in [0.1, 0.15) is 57.4 Å². The van der Waals surface area contributed by atoms with Crippen LogP contribution in [0.25, 0.3) is 0 Å². The third-order valence-electron chi connectivity index (χ3n) is 5.96. The Morgan fingerprint density at radius 3 is 2.47 bits per heavy atom. The summed E-state index contributed by atoms with van der Waals surface area (Å²) in [4.78, 5) is 27.8. The second kappa shape index (κ2) is 12.5. The summed E-state index contributed by atoms with van der Waals surface area (Å²) in [5.74, 6) is 0.610. The largest absolute Gasteiger partial charge is 0.494 e. The van der Waals surface area contributed by atoms with Gasteiger partial charge < -0.3 is 15.0 Å². The summed E-state index contributed by atoms with van der Waals surface area (Å²) in [6, 6.07) is 16.6. The van der Waals surface area contributed by atoms with Crippen molar-refractivity contribution in [2.24, 2.45) is 0 Å². The van der Waals surface area contributed by atoms with Crippen LogP contribution in [0, 0.1) is 0 Å². The maximum absolute atomic E-state index is 13.2. The molecule has 172 valence electrons. The number of hydrogen-bond acceptors (Lipinski definition) is 3. The van der Waals surface area contributed by atoms with Crippen LogP contribution in [0.15, 0.2) is 54.6 Å². The third kappa shape index (κ3) is 7.27. The fourth-order valence-electron chi connectivity index (χ4n) is 4.04. The van der Waals surface area contributed by atoms with E-state index < -0.39 is 6.04 Å². The Morgan fingerprint density at radius 1 is 1.06 bits per heavy atom. The first-order valence-electron chi connectivity index (χ1n) is 11.6. The van der Waals surface area contributed by atoms with Gasteiger partial charge in [-0.15, -0.1) is 0 Å². The van der Waals surface area contributed by atoms with Crippen LogP contribution in [0.2, 0.25) is 5.02 Å². The van der Waals surface area contributed by atoms with Gasteiger partial charge in [0.05, 0.1) is 6.61 Å². The van der Waals surface area contributed by atoms with Crippen LogP contribution in [0.5, 0.6) is 5.75 Å². The van der Waals surface area contributed by atoms with E-state index in [-0.39, 0.29) is 17.9 Å². The lowest BCUT2D eigenvalue weighted by molar-refractivity contribution is -0.141. The van der Waals surface area contributed by atoms with Gasteiger partial charge in [0.25, 0.3) is 0 Å². The van der Waals surface area contributed by atoms with E-state index in [9.17, 15) is 9.59 Å². The van der Waals surface area contributed by atoms with Crippen molar-refractivity contribution in [3.8, 4) is 5.75 Å². The molecule has 0 saturated heterocycles. The average Bonchev–Trinajstić information content (AvgIpc) is 2.82. The molecule has 1 aliphatic rings. The highest BCUT2D eigenvalue weighted by Crippen LogP contribution is 2.21. The Balaban J connectivity index is 1.61. The quantitative estimate of drug-likeness (QED) is 0.489. The number of para-hydroxylation sites is 1. The fraction of sp³-hybridized carbons (Fsp3) is 0.462. The Bertz CT molecular complexity index is 868. The van der Waals surface area contributed by atoms with E-state index in [1.54, 1.807) is 17.9 Å². The van der Waals surface area contributed by atoms with Gasteiger partial charge in [0.2, 0.25) is 11.8 Å². The van der Waals surface area contributed by atoms with Crippen LogP contribution in [0.4, 0.5) is 0 Å². The van der Waals surface area contributed by atoms with E-state index in [4.69, 9.17) is 16.3 Å². The van der Waals surface area contributed by atoms with E-state index in [1.165, 1.54) is 6.42 Å². The van der Waals surface area contributed by atoms with Gasteiger partial charge in [0, 0.05) is 24.0 Å². The number of hydrogen-bond donors (Lipinski definition) is 1. The number of ether oxygens (including phenoxy) is 1. The molecule has 1 fully saturated rings. The third-order valence-corrected chi connectivity index (χ3v) is 6.33. The molecule has 2 aromatic rings. The van der Waals surface area contributed by atoms with Crippen LogP contribution in [-0.2, 0) is 16.1 Å². The lowest BCUT2D eigenvalue weighted by Crippen LogP contribution is -2.50. The van der Waals surface area contributed by atoms with Crippen molar-refractivity contribution in [1.29, 1.82) is 0 Å². The smallest absolute Gasteiger partial charge is 0.242 e. The van der Waals surface area contributed by atoms with Gasteiger partial charge in [-0.25, -0.2) is 0 Å². The van der Waals surface area contributed by atoms with Crippen molar-refractivity contribution in [2.75, 3.05) is 6.61 Å². The predicted octanol–water partition coefficient (Wildman–Crippen LogP) is 5.37. The van der Waals surface area contributed by atoms with Gasteiger partial charge in [0.1, 0.15) is 11.8 Å². The normalized spacial score (nSPS) is 15.1. The molecule has 3 rings (SSSR count). The number of rotatable bonds is 10. The monoisotopic (exact) mass is 456 g/mol. The highest BCUT2D eigenvalue weighted by molar-refractivity contribution is 6.31. The molecule has 0 aromatic heterocycles. The van der Waals surface area contributed by atoms with Crippen LogP contribution in [0.3, 0.4) is 0 Å². The maximum Gasteiger partial charge on any atom is 0.242 e. The minimum atomic E-state index is -0.573. The summed E-state index contributed by atoms with van der Waals surface area (Å²) in [7, 11) is 0. The number of nitrogens with one attached hydrogen (secondary N) is 1. The molecule has 0 unspecified atom stereocenters. The molecule has 2 aromatic carbocycles. The number of halogens is 1. The highest BCUT2D eigenvalue weighted by atomic mass is 35.5. The molecule has 0 bridgehead atoms. The van der Waals surface area contributed by atoms with Crippen molar-refractivity contribution in [1.82, 2.24) is 10.2 Å². The summed E-state index contributed by atoms with van der Waals surface area (Å²) >= 11 is 6.35. The molecular formula is C26H33ClN2O3. The van der Waals surface area contributed by atoms with Crippen LogP contribution < -0.4 is 10.1 Å². The number of carbonyl (C=O) groups is 2. The molecule has 6 heteroatoms. The molecule has 0 heterocycles. The minimum absolute atomic E-state index is 0.0760. The number of nitrogens with zero attached hydrogens (tertiary/aromatic N) is 1. The Hall–Kier alpha value is -2.53. The van der Waals surface area contributed by atoms with Gasteiger partial charge in [-0.05, 0) is 49.9 Å². The van der Waals surface area contributed by atoms with Crippen molar-refractivity contribution in [3.63, 3.8) is 0 Å². The van der Waals surface area contributed by atoms with E-state index in [2.05, 4.69) is 5.32 Å². The SMILES string of the molecule is C[C@H](C(=O)NC1CCCCC1)N(Cc1ccccc1Cl)C(=O)CCCOc1ccccc1. The lowest BCUT2D eigenvalue weighted by Gasteiger charge is -2.31. The molecule has 0 aliphatic heterocycles. The van der Waals surface area contributed by atoms with Gasteiger partial charge >= 0.3 is 0 Å². The average molecular weight is 457 g/mol. The molecule has 1 saturated carbocycles. The first kappa shape index (κ1) is 24.1. The van der Waals surface area contributed by atoms with Crippen molar-refractivity contribution >= 4 is 23.4 Å². The molecule has 2 amide bonds. The van der Waals surface area contributed by atoms with E-state index in [1.807, 2.05) is 48.5 Å². The number of amides is 2. The molecule has 1 aliphatic carbocycles. The van der Waals surface area contributed by atoms with E-state index >= 15 is 0 Å². The predicted molar refractivity (Wildman–Crippen MR) is 128 cm³/mol. The van der Waals surface area contributed by atoms with Crippen molar-refractivity contribution < 1.29 is 14.3 Å². The van der Waals surface area contributed by atoms with Crippen molar-refractivity contribution in [2.45, 2.75) is 70.5 Å². The number of carbonyl (C=O) groups excluding carboxylic acids is 2. The summed E-state index contributed by atoms with van der Waals surface area (Å²) < 4.78 is 5.71. The van der Waals surface area contributed by atoms with Gasteiger partial charge in [-0.2, -0.15) is 0 Å². The Labute approximate surface area is 196 Å².